The molecule has 0 aromatic heterocycles. The average Bonchev–Trinajstić information content (AvgIpc) is 2.49. The molecule has 2 aliphatic heterocycles. The minimum absolute atomic E-state index is 0.0478. The van der Waals surface area contributed by atoms with Gasteiger partial charge in [-0.25, -0.2) is 14.5 Å². The van der Waals surface area contributed by atoms with Crippen LogP contribution < -0.4 is 11.2 Å². The Bertz CT molecular complexity index is 771. The lowest BCUT2D eigenvalue weighted by atomic mass is 9.95. The zero-order chi connectivity index (χ0) is 15.9. The van der Waals surface area contributed by atoms with Crippen LogP contribution in [0.2, 0.25) is 0 Å². The first-order valence-corrected chi connectivity index (χ1v) is 7.86. The van der Waals surface area contributed by atoms with E-state index in [9.17, 15) is 9.59 Å². The molecule has 0 aromatic carbocycles. The molecule has 0 aromatic rings. The smallest absolute Gasteiger partial charge is 0.267 e. The molecule has 1 saturated carbocycles. The number of fused-ring (bicyclic) bond motifs is 1. The van der Waals surface area contributed by atoms with Crippen LogP contribution in [0, 0.1) is 0 Å². The van der Waals surface area contributed by atoms with Crippen LogP contribution in [0.25, 0.3) is 11.5 Å². The molecule has 22 heavy (non-hydrogen) atoms. The highest BCUT2D eigenvalue weighted by atomic mass is 16.2. The van der Waals surface area contributed by atoms with Crippen LogP contribution in [-0.2, 0) is 7.05 Å². The van der Waals surface area contributed by atoms with E-state index in [0.29, 0.717) is 5.82 Å². The lowest BCUT2D eigenvalue weighted by molar-refractivity contribution is 0.335. The van der Waals surface area contributed by atoms with Crippen molar-refractivity contribution in [3.8, 4) is 11.5 Å². The monoisotopic (exact) mass is 303 g/mol. The maximum Gasteiger partial charge on any atom is 0.352 e. The molecule has 7 nitrogen and oxygen atoms in total. The summed E-state index contributed by atoms with van der Waals surface area (Å²) in [4.78, 5) is 33.5. The fourth-order valence-corrected chi connectivity index (χ4v) is 3.06. The van der Waals surface area contributed by atoms with Crippen molar-refractivity contribution in [2.45, 2.75) is 57.9 Å². The van der Waals surface area contributed by atoms with Crippen molar-refractivity contribution in [1.29, 1.82) is 0 Å². The van der Waals surface area contributed by atoms with Crippen molar-refractivity contribution in [3.05, 3.63) is 26.7 Å². The van der Waals surface area contributed by atoms with Gasteiger partial charge in [0.15, 0.2) is 17.3 Å². The van der Waals surface area contributed by atoms with Gasteiger partial charge in [0.1, 0.15) is 0 Å². The lowest BCUT2D eigenvalue weighted by Crippen LogP contribution is -2.42. The van der Waals surface area contributed by atoms with Crippen molar-refractivity contribution in [1.82, 2.24) is 24.3 Å². The molecular weight excluding hydrogens is 282 g/mol. The van der Waals surface area contributed by atoms with E-state index in [-0.39, 0.29) is 29.0 Å². The van der Waals surface area contributed by atoms with E-state index in [1.165, 1.54) is 9.25 Å². The molecule has 0 N–H and O–H groups in total. The van der Waals surface area contributed by atoms with Crippen molar-refractivity contribution in [2.24, 2.45) is 7.05 Å². The molecule has 3 rings (SSSR count). The Morgan fingerprint density at radius 2 is 1.77 bits per heavy atom. The topological polar surface area (TPSA) is 82.7 Å². The van der Waals surface area contributed by atoms with E-state index in [1.807, 2.05) is 13.8 Å². The maximum atomic E-state index is 12.8. The first-order chi connectivity index (χ1) is 10.5. The third-order valence-electron chi connectivity index (χ3n) is 4.28. The van der Waals surface area contributed by atoms with Gasteiger partial charge < -0.3 is 0 Å². The zero-order valence-electron chi connectivity index (χ0n) is 13.2. The van der Waals surface area contributed by atoms with Crippen LogP contribution in [0.3, 0.4) is 0 Å². The summed E-state index contributed by atoms with van der Waals surface area (Å²) in [5.74, 6) is 0.944. The summed E-state index contributed by atoms with van der Waals surface area (Å²) in [5, 5.41) is 4.28. The van der Waals surface area contributed by atoms with Crippen molar-refractivity contribution in [2.75, 3.05) is 0 Å². The standard InChI is InChI=1S/C15H21N5O2/c1-9(2)12-16-11-13(19(3)18-12)17-15(22)20(14(11)21)10-7-5-4-6-8-10/h9-10H,4-8H2,1-3H3. The van der Waals surface area contributed by atoms with Gasteiger partial charge in [0.25, 0.3) is 5.56 Å². The maximum absolute atomic E-state index is 12.8. The minimum atomic E-state index is -0.485. The number of aryl methyl sites for hydroxylation is 1. The Morgan fingerprint density at radius 3 is 2.41 bits per heavy atom. The summed E-state index contributed by atoms with van der Waals surface area (Å²) in [6, 6.07) is -0.0478. The molecule has 2 heterocycles. The molecular formula is C15H21N5O2. The van der Waals surface area contributed by atoms with Gasteiger partial charge >= 0.3 is 5.69 Å². The molecule has 0 spiro atoms. The summed E-state index contributed by atoms with van der Waals surface area (Å²) < 4.78 is 2.78. The van der Waals surface area contributed by atoms with E-state index in [2.05, 4.69) is 15.1 Å². The van der Waals surface area contributed by atoms with Gasteiger partial charge in [-0.15, -0.1) is 0 Å². The molecule has 0 amide bonds. The van der Waals surface area contributed by atoms with Crippen molar-refractivity contribution in [3.63, 3.8) is 0 Å². The third-order valence-corrected chi connectivity index (χ3v) is 4.28. The highest BCUT2D eigenvalue weighted by molar-refractivity contribution is 5.48. The summed E-state index contributed by atoms with van der Waals surface area (Å²) in [6.07, 6.45) is 4.97. The van der Waals surface area contributed by atoms with Crippen LogP contribution in [-0.4, -0.2) is 24.3 Å². The second-order valence-electron chi connectivity index (χ2n) is 6.28. The Morgan fingerprint density at radius 1 is 1.09 bits per heavy atom. The van der Waals surface area contributed by atoms with Crippen molar-refractivity contribution < 1.29 is 0 Å². The van der Waals surface area contributed by atoms with Crippen LogP contribution in [0.4, 0.5) is 0 Å². The Balaban J connectivity index is 2.24. The summed E-state index contributed by atoms with van der Waals surface area (Å²) in [5.41, 5.74) is -0.575. The fourth-order valence-electron chi connectivity index (χ4n) is 3.06. The molecule has 0 atom stereocenters. The third kappa shape index (κ3) is 2.44. The van der Waals surface area contributed by atoms with Gasteiger partial charge in [0, 0.05) is 19.0 Å². The Labute approximate surface area is 128 Å². The summed E-state index contributed by atoms with van der Waals surface area (Å²) in [7, 11) is 1.69. The molecule has 7 heteroatoms. The number of rotatable bonds is 2. The molecule has 0 bridgehead atoms. The van der Waals surface area contributed by atoms with Crippen LogP contribution in [0.1, 0.15) is 63.7 Å². The molecule has 0 saturated heterocycles. The predicted molar refractivity (Wildman–Crippen MR) is 82.2 cm³/mol. The lowest BCUT2D eigenvalue weighted by Gasteiger charge is -2.23. The average molecular weight is 303 g/mol. The second-order valence-corrected chi connectivity index (χ2v) is 6.28. The number of hydrogen-bond donors (Lipinski definition) is 0. The molecule has 1 fully saturated rings. The quantitative estimate of drug-likeness (QED) is 0.839. The van der Waals surface area contributed by atoms with Gasteiger partial charge in [-0.3, -0.25) is 9.36 Å². The van der Waals surface area contributed by atoms with E-state index in [1.54, 1.807) is 7.05 Å². The van der Waals surface area contributed by atoms with E-state index >= 15 is 0 Å². The molecule has 1 aliphatic carbocycles. The van der Waals surface area contributed by atoms with Crippen LogP contribution >= 0.6 is 0 Å². The number of aromatic nitrogens is 5. The van der Waals surface area contributed by atoms with Gasteiger partial charge in [0.2, 0.25) is 0 Å². The van der Waals surface area contributed by atoms with Gasteiger partial charge in [0.05, 0.1) is 0 Å². The number of hydrogen-bond acceptors (Lipinski definition) is 5. The Kier molecular flexibility index (Phi) is 3.80. The largest absolute Gasteiger partial charge is 0.352 e. The van der Waals surface area contributed by atoms with Crippen molar-refractivity contribution >= 4 is 0 Å². The summed E-state index contributed by atoms with van der Waals surface area (Å²) >= 11 is 0. The fraction of sp³-hybridized carbons (Fsp3) is 0.667. The van der Waals surface area contributed by atoms with Gasteiger partial charge in [-0.05, 0) is 12.8 Å². The highest BCUT2D eigenvalue weighted by Gasteiger charge is 2.25. The predicted octanol–water partition coefficient (Wildman–Crippen LogP) is 1.47. The second kappa shape index (κ2) is 5.62. The van der Waals surface area contributed by atoms with E-state index < -0.39 is 5.69 Å². The first kappa shape index (κ1) is 14.9. The highest BCUT2D eigenvalue weighted by Crippen LogP contribution is 2.26. The Hall–Kier alpha value is -2.05. The molecule has 0 unspecified atom stereocenters. The van der Waals surface area contributed by atoms with Gasteiger partial charge in [-0.2, -0.15) is 10.1 Å². The normalized spacial score (nSPS) is 16.5. The molecule has 0 radical (unpaired) electrons. The molecule has 3 aliphatic rings. The van der Waals surface area contributed by atoms with Gasteiger partial charge in [-0.1, -0.05) is 33.1 Å². The minimum Gasteiger partial charge on any atom is -0.267 e. The van der Waals surface area contributed by atoms with E-state index in [4.69, 9.17) is 0 Å². The van der Waals surface area contributed by atoms with Crippen LogP contribution in [0.5, 0.6) is 0 Å². The number of nitrogens with zero attached hydrogens (tertiary/aromatic N) is 5. The summed E-state index contributed by atoms with van der Waals surface area (Å²) in [6.45, 7) is 3.94. The zero-order valence-corrected chi connectivity index (χ0v) is 13.2. The molecule has 118 valence electrons. The van der Waals surface area contributed by atoms with E-state index in [0.717, 1.165) is 32.1 Å². The van der Waals surface area contributed by atoms with Crippen LogP contribution in [0.15, 0.2) is 9.59 Å². The SMILES string of the molecule is CC(C)c1nc2c(=O)n(C3CCCCC3)c(=O)nc-2n(C)n1. The first-order valence-electron chi connectivity index (χ1n) is 7.86.